The van der Waals surface area contributed by atoms with Gasteiger partial charge in [-0.2, -0.15) is 5.10 Å². The molecule has 29 heavy (non-hydrogen) atoms. The van der Waals surface area contributed by atoms with Gasteiger partial charge in [0, 0.05) is 29.6 Å². The molecule has 0 bridgehead atoms. The number of nitrogens with zero attached hydrogens (tertiary/aromatic N) is 3. The molecule has 4 rings (SSSR count). The molecule has 6 heteroatoms. The van der Waals surface area contributed by atoms with E-state index in [0.29, 0.717) is 26.4 Å². The Hall–Kier alpha value is -2.34. The number of fused-ring (bicyclic) bond motifs is 1. The lowest BCUT2D eigenvalue weighted by molar-refractivity contribution is -0.140. The Morgan fingerprint density at radius 2 is 2.07 bits per heavy atom. The van der Waals surface area contributed by atoms with Crippen LogP contribution in [0.4, 0.5) is 0 Å². The molecular weight excluding hydrogens is 366 g/mol. The van der Waals surface area contributed by atoms with Crippen molar-refractivity contribution in [1.82, 2.24) is 14.7 Å². The SMILES string of the molecule is CC(C)(C)C(=O)N1CCCC1c1nn(CCOc2ccccc2)c2c1COCC2. The molecule has 2 aromatic rings. The number of ether oxygens (including phenoxy) is 2. The van der Waals surface area contributed by atoms with Crippen molar-refractivity contribution in [2.75, 3.05) is 19.8 Å². The molecule has 156 valence electrons. The first kappa shape index (κ1) is 20.0. The van der Waals surface area contributed by atoms with Crippen LogP contribution in [-0.4, -0.2) is 40.3 Å². The molecule has 1 aromatic carbocycles. The van der Waals surface area contributed by atoms with E-state index in [1.807, 2.05) is 56.0 Å². The second kappa shape index (κ2) is 8.19. The van der Waals surface area contributed by atoms with Gasteiger partial charge in [-0.15, -0.1) is 0 Å². The second-order valence-electron chi connectivity index (χ2n) is 8.90. The van der Waals surface area contributed by atoms with Crippen LogP contribution in [-0.2, 0) is 29.1 Å². The standard InChI is InChI=1S/C23H31N3O3/c1-23(2,3)22(27)25-12-7-10-20(25)21-18-16-28-14-11-19(18)26(24-21)13-15-29-17-8-5-4-6-9-17/h4-6,8-9,20H,7,10-16H2,1-3H3. The summed E-state index contributed by atoms with van der Waals surface area (Å²) in [4.78, 5) is 15.0. The summed E-state index contributed by atoms with van der Waals surface area (Å²) >= 11 is 0. The van der Waals surface area contributed by atoms with E-state index < -0.39 is 0 Å². The smallest absolute Gasteiger partial charge is 0.228 e. The predicted molar refractivity (Wildman–Crippen MR) is 111 cm³/mol. The third-order valence-corrected chi connectivity index (χ3v) is 5.71. The van der Waals surface area contributed by atoms with E-state index in [0.717, 1.165) is 37.3 Å². The van der Waals surface area contributed by atoms with Crippen molar-refractivity contribution in [3.8, 4) is 5.75 Å². The number of benzene rings is 1. The molecule has 0 aliphatic carbocycles. The molecule has 2 aliphatic rings. The Morgan fingerprint density at radius 3 is 2.83 bits per heavy atom. The van der Waals surface area contributed by atoms with Crippen LogP contribution in [0.25, 0.3) is 0 Å². The molecule has 2 aliphatic heterocycles. The first-order valence-corrected chi connectivity index (χ1v) is 10.6. The van der Waals surface area contributed by atoms with Crippen LogP contribution < -0.4 is 4.74 Å². The van der Waals surface area contributed by atoms with Crippen molar-refractivity contribution < 1.29 is 14.3 Å². The van der Waals surface area contributed by atoms with Crippen molar-refractivity contribution in [3.63, 3.8) is 0 Å². The highest BCUT2D eigenvalue weighted by molar-refractivity contribution is 5.82. The zero-order valence-electron chi connectivity index (χ0n) is 17.7. The van der Waals surface area contributed by atoms with Crippen molar-refractivity contribution in [2.45, 2.75) is 59.2 Å². The highest BCUT2D eigenvalue weighted by Crippen LogP contribution is 2.38. The molecule has 1 atom stereocenters. The summed E-state index contributed by atoms with van der Waals surface area (Å²) in [6.07, 6.45) is 2.84. The fraction of sp³-hybridized carbons (Fsp3) is 0.565. The number of para-hydroxylation sites is 1. The van der Waals surface area contributed by atoms with Crippen LogP contribution in [0.1, 0.15) is 56.6 Å². The van der Waals surface area contributed by atoms with E-state index >= 15 is 0 Å². The summed E-state index contributed by atoms with van der Waals surface area (Å²) in [7, 11) is 0. The molecule has 1 fully saturated rings. The Bertz CT molecular complexity index is 854. The van der Waals surface area contributed by atoms with Gasteiger partial charge >= 0.3 is 0 Å². The highest BCUT2D eigenvalue weighted by atomic mass is 16.5. The quantitative estimate of drug-likeness (QED) is 0.771. The Kier molecular flexibility index (Phi) is 5.63. The van der Waals surface area contributed by atoms with Crippen molar-refractivity contribution in [2.24, 2.45) is 5.41 Å². The monoisotopic (exact) mass is 397 g/mol. The van der Waals surface area contributed by atoms with Crippen LogP contribution in [0, 0.1) is 5.41 Å². The van der Waals surface area contributed by atoms with Gasteiger partial charge in [0.2, 0.25) is 5.91 Å². The van der Waals surface area contributed by atoms with Gasteiger partial charge < -0.3 is 14.4 Å². The second-order valence-corrected chi connectivity index (χ2v) is 8.90. The third-order valence-electron chi connectivity index (χ3n) is 5.71. The summed E-state index contributed by atoms with van der Waals surface area (Å²) in [5.41, 5.74) is 3.05. The molecule has 3 heterocycles. The fourth-order valence-corrected chi connectivity index (χ4v) is 4.28. The van der Waals surface area contributed by atoms with Crippen LogP contribution in [0.2, 0.25) is 0 Å². The van der Waals surface area contributed by atoms with Crippen LogP contribution in [0.3, 0.4) is 0 Å². The Labute approximate surface area is 172 Å². The fourth-order valence-electron chi connectivity index (χ4n) is 4.28. The summed E-state index contributed by atoms with van der Waals surface area (Å²) < 4.78 is 13.7. The molecule has 0 N–H and O–H groups in total. The maximum absolute atomic E-state index is 13.0. The van der Waals surface area contributed by atoms with Crippen LogP contribution >= 0.6 is 0 Å². The van der Waals surface area contributed by atoms with Crippen LogP contribution in [0.15, 0.2) is 30.3 Å². The lowest BCUT2D eigenvalue weighted by Gasteiger charge is -2.30. The maximum Gasteiger partial charge on any atom is 0.228 e. The minimum atomic E-state index is -0.384. The number of amides is 1. The van der Waals surface area contributed by atoms with E-state index in [1.54, 1.807) is 0 Å². The van der Waals surface area contributed by atoms with Crippen molar-refractivity contribution in [3.05, 3.63) is 47.3 Å². The number of hydrogen-bond donors (Lipinski definition) is 0. The number of aromatic nitrogens is 2. The summed E-state index contributed by atoms with van der Waals surface area (Å²) in [5.74, 6) is 1.07. The van der Waals surface area contributed by atoms with Gasteiger partial charge in [0.1, 0.15) is 12.4 Å². The highest BCUT2D eigenvalue weighted by Gasteiger charge is 2.39. The van der Waals surface area contributed by atoms with Gasteiger partial charge in [-0.25, -0.2) is 0 Å². The van der Waals surface area contributed by atoms with E-state index in [-0.39, 0.29) is 17.4 Å². The van der Waals surface area contributed by atoms with Gasteiger partial charge in [-0.1, -0.05) is 39.0 Å². The Morgan fingerprint density at radius 1 is 1.28 bits per heavy atom. The zero-order chi connectivity index (χ0) is 20.4. The van der Waals surface area contributed by atoms with E-state index in [9.17, 15) is 4.79 Å². The van der Waals surface area contributed by atoms with Gasteiger partial charge in [-0.3, -0.25) is 9.48 Å². The minimum absolute atomic E-state index is 0.0495. The van der Waals surface area contributed by atoms with E-state index in [4.69, 9.17) is 14.6 Å². The van der Waals surface area contributed by atoms with Gasteiger partial charge in [0.05, 0.1) is 31.5 Å². The summed E-state index contributed by atoms with van der Waals surface area (Å²) in [6.45, 7) is 9.32. The maximum atomic E-state index is 13.0. The lowest BCUT2D eigenvalue weighted by Crippen LogP contribution is -2.39. The molecule has 1 saturated heterocycles. The summed E-state index contributed by atoms with van der Waals surface area (Å²) in [5, 5.41) is 4.98. The molecule has 1 amide bonds. The van der Waals surface area contributed by atoms with Crippen molar-refractivity contribution >= 4 is 5.91 Å². The molecule has 0 saturated carbocycles. The van der Waals surface area contributed by atoms with E-state index in [2.05, 4.69) is 4.68 Å². The molecule has 0 radical (unpaired) electrons. The number of rotatable bonds is 5. The molecule has 1 aromatic heterocycles. The number of carbonyl (C=O) groups excluding carboxylic acids is 1. The predicted octanol–water partition coefficient (Wildman–Crippen LogP) is 3.74. The Balaban J connectivity index is 1.55. The number of carbonyl (C=O) groups is 1. The van der Waals surface area contributed by atoms with Gasteiger partial charge in [0.25, 0.3) is 0 Å². The minimum Gasteiger partial charge on any atom is -0.492 e. The molecular formula is C23H31N3O3. The third kappa shape index (κ3) is 4.17. The summed E-state index contributed by atoms with van der Waals surface area (Å²) in [6, 6.07) is 9.91. The first-order valence-electron chi connectivity index (χ1n) is 10.6. The largest absolute Gasteiger partial charge is 0.492 e. The average Bonchev–Trinajstić information content (AvgIpc) is 3.32. The van der Waals surface area contributed by atoms with Crippen LogP contribution in [0.5, 0.6) is 5.75 Å². The van der Waals surface area contributed by atoms with Gasteiger partial charge in [0.15, 0.2) is 0 Å². The number of likely N-dealkylation sites (tertiary alicyclic amines) is 1. The van der Waals surface area contributed by atoms with E-state index in [1.165, 1.54) is 11.3 Å². The van der Waals surface area contributed by atoms with Crippen molar-refractivity contribution in [1.29, 1.82) is 0 Å². The number of hydrogen-bond acceptors (Lipinski definition) is 4. The normalized spacial score (nSPS) is 19.3. The molecule has 6 nitrogen and oxygen atoms in total. The zero-order valence-corrected chi connectivity index (χ0v) is 17.7. The lowest BCUT2D eigenvalue weighted by atomic mass is 9.93. The molecule has 0 spiro atoms. The van der Waals surface area contributed by atoms with Gasteiger partial charge in [-0.05, 0) is 25.0 Å². The topological polar surface area (TPSA) is 56.6 Å². The molecule has 1 unspecified atom stereocenters. The first-order chi connectivity index (χ1) is 13.9. The average molecular weight is 398 g/mol.